The van der Waals surface area contributed by atoms with Crippen molar-refractivity contribution in [1.29, 1.82) is 0 Å². The molecule has 2 aromatic carbocycles. The van der Waals surface area contributed by atoms with Crippen LogP contribution in [0.25, 0.3) is 0 Å². The Labute approximate surface area is 207 Å². The number of amides is 2. The van der Waals surface area contributed by atoms with Gasteiger partial charge in [0.25, 0.3) is 0 Å². The lowest BCUT2D eigenvalue weighted by Crippen LogP contribution is -2.50. The van der Waals surface area contributed by atoms with E-state index < -0.39 is 34.4 Å². The van der Waals surface area contributed by atoms with E-state index in [0.29, 0.717) is 10.6 Å². The van der Waals surface area contributed by atoms with E-state index >= 15 is 0 Å². The number of likely N-dealkylation sites (N-methyl/N-ethyl adjacent to an activating group) is 1. The lowest BCUT2D eigenvalue weighted by molar-refractivity contribution is -0.139. The van der Waals surface area contributed by atoms with Crippen molar-refractivity contribution < 1.29 is 18.0 Å². The topological polar surface area (TPSA) is 86.8 Å². The second kappa shape index (κ2) is 10.9. The zero-order chi connectivity index (χ0) is 24.2. The third-order valence-electron chi connectivity index (χ3n) is 4.57. The molecule has 32 heavy (non-hydrogen) atoms. The number of sulfonamides is 1. The van der Waals surface area contributed by atoms with Gasteiger partial charge in [0.2, 0.25) is 21.8 Å². The van der Waals surface area contributed by atoms with Crippen LogP contribution >= 0.6 is 46.4 Å². The molecule has 0 aliphatic carbocycles. The summed E-state index contributed by atoms with van der Waals surface area (Å²) in [4.78, 5) is 26.8. The zero-order valence-electron chi connectivity index (χ0n) is 17.4. The molecular weight excluding hydrogens is 520 g/mol. The second-order valence-corrected chi connectivity index (χ2v) is 10.6. The summed E-state index contributed by atoms with van der Waals surface area (Å²) in [6.45, 7) is 0.964. The lowest BCUT2D eigenvalue weighted by Gasteiger charge is -2.31. The Balaban J connectivity index is 2.43. The molecule has 0 aliphatic rings. The van der Waals surface area contributed by atoms with E-state index in [0.717, 1.165) is 10.6 Å². The van der Waals surface area contributed by atoms with Gasteiger partial charge in [0.05, 0.1) is 22.0 Å². The molecule has 174 valence electrons. The summed E-state index contributed by atoms with van der Waals surface area (Å²) in [5.74, 6) is -1.04. The number of anilines is 1. The number of nitrogens with one attached hydrogen (secondary N) is 1. The Morgan fingerprint density at radius 2 is 1.59 bits per heavy atom. The quantitative estimate of drug-likeness (QED) is 0.542. The SMILES string of the molecule is CNC(=O)[C@@H](C)N(Cc1ccc(Cl)c(Cl)c1)C(=O)CN(c1cc(Cl)cc(Cl)c1)S(C)(=O)=O. The number of carbonyl (C=O) groups is 2. The van der Waals surface area contributed by atoms with Crippen molar-refractivity contribution in [2.45, 2.75) is 19.5 Å². The summed E-state index contributed by atoms with van der Waals surface area (Å²) in [5.41, 5.74) is 0.737. The van der Waals surface area contributed by atoms with Crippen LogP contribution in [0.3, 0.4) is 0 Å². The zero-order valence-corrected chi connectivity index (χ0v) is 21.2. The molecule has 0 bridgehead atoms. The Morgan fingerprint density at radius 3 is 2.09 bits per heavy atom. The first-order valence-corrected chi connectivity index (χ1v) is 12.6. The average Bonchev–Trinajstić information content (AvgIpc) is 2.69. The van der Waals surface area contributed by atoms with E-state index in [1.165, 1.54) is 37.1 Å². The number of hydrogen-bond donors (Lipinski definition) is 1. The van der Waals surface area contributed by atoms with Crippen molar-refractivity contribution in [2.75, 3.05) is 24.2 Å². The largest absolute Gasteiger partial charge is 0.357 e. The van der Waals surface area contributed by atoms with Gasteiger partial charge in [0.1, 0.15) is 12.6 Å². The average molecular weight is 541 g/mol. The highest BCUT2D eigenvalue weighted by Gasteiger charge is 2.30. The first-order valence-electron chi connectivity index (χ1n) is 9.22. The third-order valence-corrected chi connectivity index (χ3v) is 6.88. The van der Waals surface area contributed by atoms with E-state index in [1.54, 1.807) is 18.2 Å². The van der Waals surface area contributed by atoms with Crippen LogP contribution in [0.1, 0.15) is 12.5 Å². The van der Waals surface area contributed by atoms with Crippen molar-refractivity contribution in [3.8, 4) is 0 Å². The number of halogens is 4. The second-order valence-electron chi connectivity index (χ2n) is 6.96. The van der Waals surface area contributed by atoms with Crippen LogP contribution in [-0.2, 0) is 26.2 Å². The fourth-order valence-corrected chi connectivity index (χ4v) is 4.59. The fourth-order valence-electron chi connectivity index (χ4n) is 2.92. The van der Waals surface area contributed by atoms with Gasteiger partial charge >= 0.3 is 0 Å². The molecule has 2 rings (SSSR count). The van der Waals surface area contributed by atoms with Gasteiger partial charge < -0.3 is 10.2 Å². The molecule has 1 atom stereocenters. The van der Waals surface area contributed by atoms with Crippen LogP contribution in [0.4, 0.5) is 5.69 Å². The summed E-state index contributed by atoms with van der Waals surface area (Å²) in [5, 5.41) is 3.54. The Bertz CT molecular complexity index is 1110. The van der Waals surface area contributed by atoms with Crippen molar-refractivity contribution >= 4 is 73.9 Å². The molecule has 1 N–H and O–H groups in total. The number of benzene rings is 2. The Kier molecular flexibility index (Phi) is 9.07. The smallest absolute Gasteiger partial charge is 0.244 e. The lowest BCUT2D eigenvalue weighted by atomic mass is 10.1. The van der Waals surface area contributed by atoms with Crippen LogP contribution in [0, 0.1) is 0 Å². The van der Waals surface area contributed by atoms with Gasteiger partial charge in [-0.15, -0.1) is 0 Å². The van der Waals surface area contributed by atoms with E-state index in [9.17, 15) is 18.0 Å². The molecule has 2 aromatic rings. The minimum Gasteiger partial charge on any atom is -0.357 e. The fraction of sp³-hybridized carbons (Fsp3) is 0.300. The van der Waals surface area contributed by atoms with Gasteiger partial charge in [0, 0.05) is 23.6 Å². The van der Waals surface area contributed by atoms with Gasteiger partial charge in [-0.1, -0.05) is 52.5 Å². The van der Waals surface area contributed by atoms with Gasteiger partial charge in [-0.05, 0) is 42.8 Å². The molecule has 7 nitrogen and oxygen atoms in total. The minimum atomic E-state index is -3.89. The summed E-state index contributed by atoms with van der Waals surface area (Å²) in [6.07, 6.45) is 0.959. The molecule has 0 saturated heterocycles. The Morgan fingerprint density at radius 1 is 1.00 bits per heavy atom. The van der Waals surface area contributed by atoms with E-state index in [4.69, 9.17) is 46.4 Å². The highest BCUT2D eigenvalue weighted by molar-refractivity contribution is 7.92. The van der Waals surface area contributed by atoms with Gasteiger partial charge in [-0.25, -0.2) is 8.42 Å². The summed E-state index contributed by atoms with van der Waals surface area (Å²) >= 11 is 24.1. The molecule has 0 saturated carbocycles. The predicted octanol–water partition coefficient (Wildman–Crippen LogP) is 4.23. The molecule has 0 unspecified atom stereocenters. The van der Waals surface area contributed by atoms with Crippen molar-refractivity contribution in [3.05, 3.63) is 62.1 Å². The maximum absolute atomic E-state index is 13.3. The monoisotopic (exact) mass is 539 g/mol. The van der Waals surface area contributed by atoms with Crippen LogP contribution in [-0.4, -0.2) is 51.0 Å². The Hall–Kier alpha value is -1.71. The highest BCUT2D eigenvalue weighted by atomic mass is 35.5. The maximum Gasteiger partial charge on any atom is 0.244 e. The first kappa shape index (κ1) is 26.5. The summed E-state index contributed by atoms with van der Waals surface area (Å²) < 4.78 is 25.8. The molecule has 0 aromatic heterocycles. The number of hydrogen-bond acceptors (Lipinski definition) is 4. The molecule has 0 spiro atoms. The number of rotatable bonds is 8. The van der Waals surface area contributed by atoms with Crippen molar-refractivity contribution in [3.63, 3.8) is 0 Å². The van der Waals surface area contributed by atoms with Crippen molar-refractivity contribution in [1.82, 2.24) is 10.2 Å². The third kappa shape index (κ3) is 6.89. The molecule has 12 heteroatoms. The van der Waals surface area contributed by atoms with Crippen molar-refractivity contribution in [2.24, 2.45) is 0 Å². The van der Waals surface area contributed by atoms with Gasteiger partial charge in [-0.3, -0.25) is 13.9 Å². The standard InChI is InChI=1S/C20H21Cl4N3O4S/c1-12(20(29)25-2)26(10-13-4-5-17(23)18(24)6-13)19(28)11-27(32(3,30)31)16-8-14(21)7-15(22)9-16/h4-9,12H,10-11H2,1-3H3,(H,25,29)/t12-/m1/s1. The normalized spacial score (nSPS) is 12.2. The predicted molar refractivity (Wildman–Crippen MR) is 129 cm³/mol. The minimum absolute atomic E-state index is 0.00177. The number of nitrogens with zero attached hydrogens (tertiary/aromatic N) is 2. The van der Waals surface area contributed by atoms with Crippen LogP contribution < -0.4 is 9.62 Å². The van der Waals surface area contributed by atoms with E-state index in [1.807, 2.05) is 0 Å². The molecule has 0 aliphatic heterocycles. The van der Waals surface area contributed by atoms with Gasteiger partial charge in [0.15, 0.2) is 0 Å². The van der Waals surface area contributed by atoms with Gasteiger partial charge in [-0.2, -0.15) is 0 Å². The molecular formula is C20H21Cl4N3O4S. The van der Waals surface area contributed by atoms with E-state index in [-0.39, 0.29) is 27.3 Å². The van der Waals surface area contributed by atoms with E-state index in [2.05, 4.69) is 5.32 Å². The molecule has 0 fully saturated rings. The molecule has 0 radical (unpaired) electrons. The van der Waals surface area contributed by atoms with Crippen LogP contribution in [0.2, 0.25) is 20.1 Å². The highest BCUT2D eigenvalue weighted by Crippen LogP contribution is 2.28. The molecule has 0 heterocycles. The molecule has 2 amide bonds. The van der Waals surface area contributed by atoms with Crippen LogP contribution in [0.5, 0.6) is 0 Å². The summed E-state index contributed by atoms with van der Waals surface area (Å²) in [7, 11) is -2.45. The summed E-state index contributed by atoms with van der Waals surface area (Å²) in [6, 6.07) is 8.12. The van der Waals surface area contributed by atoms with Crippen LogP contribution in [0.15, 0.2) is 36.4 Å². The first-order chi connectivity index (χ1) is 14.8. The number of carbonyl (C=O) groups excluding carboxylic acids is 2. The maximum atomic E-state index is 13.3.